The molecule has 0 amide bonds. The van der Waals surface area contributed by atoms with Crippen LogP contribution >= 0.6 is 11.8 Å². The molecule has 6 heteroatoms. The summed E-state index contributed by atoms with van der Waals surface area (Å²) in [5.74, 6) is -0.0126. The van der Waals surface area contributed by atoms with Crippen molar-refractivity contribution in [3.63, 3.8) is 0 Å². The van der Waals surface area contributed by atoms with Gasteiger partial charge in [0.1, 0.15) is 11.6 Å². The van der Waals surface area contributed by atoms with E-state index >= 15 is 0 Å². The number of hydrogen-bond acceptors (Lipinski definition) is 3. The Morgan fingerprint density at radius 3 is 2.56 bits per heavy atom. The monoisotopic (exact) mass is 357 g/mol. The highest BCUT2D eigenvalue weighted by atomic mass is 32.2. The lowest BCUT2D eigenvalue weighted by molar-refractivity contribution is 0.581. The van der Waals surface area contributed by atoms with E-state index in [4.69, 9.17) is 0 Å². The van der Waals surface area contributed by atoms with E-state index in [9.17, 15) is 8.78 Å². The Balaban J connectivity index is 1.87. The van der Waals surface area contributed by atoms with Crippen LogP contribution in [0.3, 0.4) is 0 Å². The van der Waals surface area contributed by atoms with Crippen LogP contribution in [0.4, 0.5) is 8.78 Å². The average Bonchev–Trinajstić information content (AvgIpc) is 2.95. The Morgan fingerprint density at radius 1 is 1.12 bits per heavy atom. The van der Waals surface area contributed by atoms with Crippen molar-refractivity contribution in [2.45, 2.75) is 24.4 Å². The van der Waals surface area contributed by atoms with Gasteiger partial charge >= 0.3 is 0 Å². The molecule has 0 bridgehead atoms. The molecule has 1 aromatic heterocycles. The molecule has 25 heavy (non-hydrogen) atoms. The maximum atomic E-state index is 13.3. The number of halogens is 2. The van der Waals surface area contributed by atoms with E-state index in [2.05, 4.69) is 16.8 Å². The second-order valence-electron chi connectivity index (χ2n) is 5.64. The summed E-state index contributed by atoms with van der Waals surface area (Å²) in [6.07, 6.45) is 1.77. The van der Waals surface area contributed by atoms with Crippen molar-refractivity contribution in [2.75, 3.05) is 0 Å². The fourth-order valence-electron chi connectivity index (χ4n) is 2.53. The molecule has 3 rings (SSSR count). The minimum absolute atomic E-state index is 0.401. The number of rotatable bonds is 6. The molecule has 0 N–H and O–H groups in total. The molecule has 1 heterocycles. The zero-order chi connectivity index (χ0) is 17.8. The van der Waals surface area contributed by atoms with Gasteiger partial charge in [-0.05, 0) is 30.7 Å². The van der Waals surface area contributed by atoms with Gasteiger partial charge in [0.05, 0.1) is 0 Å². The second-order valence-corrected chi connectivity index (χ2v) is 6.58. The standard InChI is InChI=1S/C19H17F2N3S/c1-3-7-24-18(15-6-4-5-13(2)8-15)22-23-19(24)25-12-14-9-16(20)11-17(21)10-14/h3-6,8-11H,1,7,12H2,2H3. The number of allylic oxidation sites excluding steroid dienone is 1. The summed E-state index contributed by atoms with van der Waals surface area (Å²) in [4.78, 5) is 0. The first-order valence-electron chi connectivity index (χ1n) is 7.75. The maximum absolute atomic E-state index is 13.3. The first-order chi connectivity index (χ1) is 12.1. The number of thioether (sulfide) groups is 1. The van der Waals surface area contributed by atoms with Crippen LogP contribution in [0.25, 0.3) is 11.4 Å². The average molecular weight is 357 g/mol. The van der Waals surface area contributed by atoms with Crippen molar-refractivity contribution >= 4 is 11.8 Å². The van der Waals surface area contributed by atoms with Gasteiger partial charge in [0.2, 0.25) is 0 Å². The van der Waals surface area contributed by atoms with Crippen molar-refractivity contribution in [2.24, 2.45) is 0 Å². The third-order valence-electron chi connectivity index (χ3n) is 3.60. The molecule has 0 aliphatic heterocycles. The summed E-state index contributed by atoms with van der Waals surface area (Å²) in [6, 6.07) is 11.5. The Bertz CT molecular complexity index is 885. The Kier molecular flexibility index (Phi) is 5.28. The largest absolute Gasteiger partial charge is 0.298 e. The van der Waals surface area contributed by atoms with Crippen LogP contribution in [-0.2, 0) is 12.3 Å². The molecule has 128 valence electrons. The van der Waals surface area contributed by atoms with Gasteiger partial charge in [-0.1, -0.05) is 41.6 Å². The molecule has 0 saturated heterocycles. The molecule has 2 aromatic carbocycles. The van der Waals surface area contributed by atoms with Gasteiger partial charge in [-0.25, -0.2) is 8.78 Å². The van der Waals surface area contributed by atoms with Gasteiger partial charge in [0.25, 0.3) is 0 Å². The minimum atomic E-state index is -0.580. The summed E-state index contributed by atoms with van der Waals surface area (Å²) >= 11 is 1.39. The zero-order valence-corrected chi connectivity index (χ0v) is 14.6. The number of hydrogen-bond donors (Lipinski definition) is 0. The van der Waals surface area contributed by atoms with Gasteiger partial charge in [-0.15, -0.1) is 16.8 Å². The van der Waals surface area contributed by atoms with E-state index in [0.717, 1.165) is 23.0 Å². The van der Waals surface area contributed by atoms with Crippen molar-refractivity contribution < 1.29 is 8.78 Å². The topological polar surface area (TPSA) is 30.7 Å². The van der Waals surface area contributed by atoms with Crippen molar-refractivity contribution in [1.29, 1.82) is 0 Å². The first kappa shape index (κ1) is 17.4. The van der Waals surface area contributed by atoms with Gasteiger partial charge in [0, 0.05) is 23.9 Å². The van der Waals surface area contributed by atoms with Crippen LogP contribution in [0.2, 0.25) is 0 Å². The SMILES string of the molecule is C=CCn1c(SCc2cc(F)cc(F)c2)nnc1-c1cccc(C)c1. The highest BCUT2D eigenvalue weighted by Crippen LogP contribution is 2.27. The molecule has 0 spiro atoms. The second kappa shape index (κ2) is 7.61. The van der Waals surface area contributed by atoms with E-state index in [0.29, 0.717) is 23.0 Å². The van der Waals surface area contributed by atoms with Crippen molar-refractivity contribution in [1.82, 2.24) is 14.8 Å². The van der Waals surface area contributed by atoms with Crippen LogP contribution < -0.4 is 0 Å². The minimum Gasteiger partial charge on any atom is -0.298 e. The fourth-order valence-corrected chi connectivity index (χ4v) is 3.41. The molecule has 3 aromatic rings. The molecule has 0 radical (unpaired) electrons. The molecule has 0 aliphatic rings. The summed E-state index contributed by atoms with van der Waals surface area (Å²) in [5, 5.41) is 9.21. The number of benzene rings is 2. The maximum Gasteiger partial charge on any atom is 0.192 e. The molecule has 3 nitrogen and oxygen atoms in total. The highest BCUT2D eigenvalue weighted by molar-refractivity contribution is 7.98. The predicted molar refractivity (Wildman–Crippen MR) is 96.3 cm³/mol. The Labute approximate surface area is 149 Å². The van der Waals surface area contributed by atoms with E-state index in [1.807, 2.05) is 35.8 Å². The zero-order valence-electron chi connectivity index (χ0n) is 13.7. The third-order valence-corrected chi connectivity index (χ3v) is 4.63. The molecule has 0 unspecified atom stereocenters. The van der Waals surface area contributed by atoms with Gasteiger partial charge in [-0.3, -0.25) is 4.57 Å². The Hall–Kier alpha value is -2.47. The highest BCUT2D eigenvalue weighted by Gasteiger charge is 2.14. The van der Waals surface area contributed by atoms with Crippen LogP contribution in [0.5, 0.6) is 0 Å². The molecular formula is C19H17F2N3S. The third kappa shape index (κ3) is 4.14. The summed E-state index contributed by atoms with van der Waals surface area (Å²) in [7, 11) is 0. The predicted octanol–water partition coefficient (Wildman–Crippen LogP) is 5.01. The number of aryl methyl sites for hydroxylation is 1. The lowest BCUT2D eigenvalue weighted by Gasteiger charge is -2.08. The number of nitrogens with zero attached hydrogens (tertiary/aromatic N) is 3. The number of aromatic nitrogens is 3. The van der Waals surface area contributed by atoms with E-state index in [1.54, 1.807) is 6.08 Å². The van der Waals surface area contributed by atoms with E-state index in [-0.39, 0.29) is 0 Å². The first-order valence-corrected chi connectivity index (χ1v) is 8.74. The quantitative estimate of drug-likeness (QED) is 0.459. The summed E-state index contributed by atoms with van der Waals surface area (Å²) in [6.45, 7) is 6.36. The van der Waals surface area contributed by atoms with Crippen LogP contribution in [0.1, 0.15) is 11.1 Å². The summed E-state index contributed by atoms with van der Waals surface area (Å²) in [5.41, 5.74) is 2.67. The van der Waals surface area contributed by atoms with Gasteiger partial charge < -0.3 is 0 Å². The normalized spacial score (nSPS) is 10.8. The van der Waals surface area contributed by atoms with E-state index < -0.39 is 11.6 Å². The molecule has 0 fully saturated rings. The summed E-state index contributed by atoms with van der Waals surface area (Å²) < 4.78 is 28.6. The Morgan fingerprint density at radius 2 is 1.88 bits per heavy atom. The van der Waals surface area contributed by atoms with E-state index in [1.165, 1.54) is 23.9 Å². The fraction of sp³-hybridized carbons (Fsp3) is 0.158. The molecular weight excluding hydrogens is 340 g/mol. The van der Waals surface area contributed by atoms with Gasteiger partial charge in [-0.2, -0.15) is 0 Å². The van der Waals surface area contributed by atoms with Crippen LogP contribution in [0, 0.1) is 18.6 Å². The lowest BCUT2D eigenvalue weighted by atomic mass is 10.1. The molecule has 0 saturated carbocycles. The van der Waals surface area contributed by atoms with Crippen LogP contribution in [-0.4, -0.2) is 14.8 Å². The van der Waals surface area contributed by atoms with Crippen molar-refractivity contribution in [3.05, 3.63) is 77.9 Å². The lowest BCUT2D eigenvalue weighted by Crippen LogP contribution is -2.01. The smallest absolute Gasteiger partial charge is 0.192 e. The molecule has 0 aliphatic carbocycles. The van der Waals surface area contributed by atoms with Crippen LogP contribution in [0.15, 0.2) is 60.3 Å². The van der Waals surface area contributed by atoms with Gasteiger partial charge in [0.15, 0.2) is 11.0 Å². The molecule has 0 atom stereocenters. The van der Waals surface area contributed by atoms with Crippen molar-refractivity contribution in [3.8, 4) is 11.4 Å².